The summed E-state index contributed by atoms with van der Waals surface area (Å²) in [5, 5.41) is 14.4. The normalized spacial score (nSPS) is 10.4. The van der Waals surface area contributed by atoms with Crippen molar-refractivity contribution in [3.8, 4) is 0 Å². The highest BCUT2D eigenvalue weighted by atomic mass is 32.1. The minimum absolute atomic E-state index is 0.827. The molecule has 0 aliphatic rings. The molecule has 16 heavy (non-hydrogen) atoms. The zero-order chi connectivity index (χ0) is 11.4. The van der Waals surface area contributed by atoms with Crippen molar-refractivity contribution in [2.75, 3.05) is 11.9 Å². The summed E-state index contributed by atoms with van der Waals surface area (Å²) in [7, 11) is 0. The highest BCUT2D eigenvalue weighted by Gasteiger charge is 1.99. The maximum Gasteiger partial charge on any atom is 0.148 e. The van der Waals surface area contributed by atoms with Gasteiger partial charge in [0.25, 0.3) is 0 Å². The number of aromatic nitrogens is 3. The first-order valence-electron chi connectivity index (χ1n) is 5.18. The summed E-state index contributed by atoms with van der Waals surface area (Å²) in [4.78, 5) is 4.40. The maximum absolute atomic E-state index is 4.40. The molecular weight excluding hydrogens is 220 g/mol. The van der Waals surface area contributed by atoms with Crippen molar-refractivity contribution in [3.63, 3.8) is 0 Å². The van der Waals surface area contributed by atoms with E-state index >= 15 is 0 Å². The fourth-order valence-electron chi connectivity index (χ4n) is 1.37. The van der Waals surface area contributed by atoms with Gasteiger partial charge in [0.05, 0.1) is 11.2 Å². The van der Waals surface area contributed by atoms with E-state index in [0.717, 1.165) is 35.0 Å². The van der Waals surface area contributed by atoms with Crippen LogP contribution in [-0.2, 0) is 6.42 Å². The molecule has 4 nitrogen and oxygen atoms in total. The van der Waals surface area contributed by atoms with Crippen LogP contribution in [0.5, 0.6) is 0 Å². The van der Waals surface area contributed by atoms with Gasteiger partial charge in [0.2, 0.25) is 0 Å². The molecule has 0 fully saturated rings. The standard InChI is InChI=1S/C11H14N4S/c1-8-5-10(15-13-6-8)12-4-3-11-14-9(2)7-16-11/h5-7H,3-4H2,1-2H3,(H,12,15). The predicted molar refractivity (Wildman–Crippen MR) is 65.8 cm³/mol. The lowest BCUT2D eigenvalue weighted by molar-refractivity contribution is 0.947. The third-order valence-corrected chi connectivity index (χ3v) is 3.13. The first-order valence-corrected chi connectivity index (χ1v) is 6.06. The number of hydrogen-bond acceptors (Lipinski definition) is 5. The molecule has 1 N–H and O–H groups in total. The zero-order valence-corrected chi connectivity index (χ0v) is 10.2. The first-order chi connectivity index (χ1) is 7.74. The smallest absolute Gasteiger partial charge is 0.148 e. The largest absolute Gasteiger partial charge is 0.368 e. The molecule has 2 aromatic heterocycles. The van der Waals surface area contributed by atoms with Crippen LogP contribution in [0.25, 0.3) is 0 Å². The van der Waals surface area contributed by atoms with Crippen LogP contribution >= 0.6 is 11.3 Å². The lowest BCUT2D eigenvalue weighted by Crippen LogP contribution is -2.06. The van der Waals surface area contributed by atoms with E-state index < -0.39 is 0 Å². The molecule has 0 atom stereocenters. The van der Waals surface area contributed by atoms with Crippen molar-refractivity contribution in [3.05, 3.63) is 33.9 Å². The minimum atomic E-state index is 0.827. The van der Waals surface area contributed by atoms with Gasteiger partial charge in [-0.15, -0.1) is 16.4 Å². The number of nitrogens with zero attached hydrogens (tertiary/aromatic N) is 3. The second-order valence-corrected chi connectivity index (χ2v) is 4.62. The van der Waals surface area contributed by atoms with Gasteiger partial charge in [0.1, 0.15) is 5.82 Å². The highest BCUT2D eigenvalue weighted by molar-refractivity contribution is 7.09. The number of anilines is 1. The molecule has 0 unspecified atom stereocenters. The van der Waals surface area contributed by atoms with Gasteiger partial charge < -0.3 is 5.32 Å². The van der Waals surface area contributed by atoms with Gasteiger partial charge in [-0.25, -0.2) is 4.98 Å². The SMILES string of the molecule is Cc1cnnc(NCCc2nc(C)cs2)c1. The van der Waals surface area contributed by atoms with Crippen molar-refractivity contribution in [1.82, 2.24) is 15.2 Å². The summed E-state index contributed by atoms with van der Waals surface area (Å²) in [6.07, 6.45) is 2.67. The Morgan fingerprint density at radius 1 is 1.38 bits per heavy atom. The Morgan fingerprint density at radius 2 is 2.25 bits per heavy atom. The van der Waals surface area contributed by atoms with Crippen LogP contribution in [0, 0.1) is 13.8 Å². The van der Waals surface area contributed by atoms with Gasteiger partial charge in [-0.1, -0.05) is 0 Å². The summed E-state index contributed by atoms with van der Waals surface area (Å²) in [6, 6.07) is 1.99. The Hall–Kier alpha value is -1.49. The number of nitrogens with one attached hydrogen (secondary N) is 1. The average molecular weight is 234 g/mol. The molecule has 0 aliphatic carbocycles. The van der Waals surface area contributed by atoms with Gasteiger partial charge in [-0.05, 0) is 25.5 Å². The highest BCUT2D eigenvalue weighted by Crippen LogP contribution is 2.09. The van der Waals surface area contributed by atoms with Crippen LogP contribution in [0.1, 0.15) is 16.3 Å². The molecule has 84 valence electrons. The maximum atomic E-state index is 4.40. The van der Waals surface area contributed by atoms with E-state index in [-0.39, 0.29) is 0 Å². The molecule has 0 saturated carbocycles. The molecule has 0 aliphatic heterocycles. The fourth-order valence-corrected chi connectivity index (χ4v) is 2.14. The Kier molecular flexibility index (Phi) is 3.46. The van der Waals surface area contributed by atoms with Crippen LogP contribution in [0.15, 0.2) is 17.6 Å². The van der Waals surface area contributed by atoms with Gasteiger partial charge in [0, 0.05) is 24.0 Å². The van der Waals surface area contributed by atoms with Gasteiger partial charge in [-0.2, -0.15) is 5.10 Å². The van der Waals surface area contributed by atoms with E-state index in [1.54, 1.807) is 17.5 Å². The predicted octanol–water partition coefficient (Wildman–Crippen LogP) is 2.20. The number of aryl methyl sites for hydroxylation is 2. The molecule has 0 spiro atoms. The molecular formula is C11H14N4S. The van der Waals surface area contributed by atoms with E-state index in [2.05, 4.69) is 25.9 Å². The van der Waals surface area contributed by atoms with E-state index in [1.165, 1.54) is 0 Å². The van der Waals surface area contributed by atoms with E-state index in [1.807, 2.05) is 19.9 Å². The monoisotopic (exact) mass is 234 g/mol. The Morgan fingerprint density at radius 3 is 2.94 bits per heavy atom. The second kappa shape index (κ2) is 5.03. The zero-order valence-electron chi connectivity index (χ0n) is 9.40. The molecule has 0 bridgehead atoms. The number of hydrogen-bond donors (Lipinski definition) is 1. The lowest BCUT2D eigenvalue weighted by Gasteiger charge is -2.03. The minimum Gasteiger partial charge on any atom is -0.368 e. The third kappa shape index (κ3) is 3.00. The Bertz CT molecular complexity index is 467. The molecule has 0 amide bonds. The van der Waals surface area contributed by atoms with Crippen molar-refractivity contribution in [2.24, 2.45) is 0 Å². The van der Waals surface area contributed by atoms with Crippen molar-refractivity contribution in [1.29, 1.82) is 0 Å². The molecule has 0 radical (unpaired) electrons. The summed E-state index contributed by atoms with van der Waals surface area (Å²) in [6.45, 7) is 4.86. The third-order valence-electron chi connectivity index (χ3n) is 2.10. The van der Waals surface area contributed by atoms with Crippen LogP contribution in [0.2, 0.25) is 0 Å². The summed E-state index contributed by atoms with van der Waals surface area (Å²) in [5.74, 6) is 0.827. The number of thiazole rings is 1. The van der Waals surface area contributed by atoms with E-state index in [4.69, 9.17) is 0 Å². The molecule has 2 rings (SSSR count). The van der Waals surface area contributed by atoms with Crippen LogP contribution in [-0.4, -0.2) is 21.7 Å². The number of rotatable bonds is 4. The second-order valence-electron chi connectivity index (χ2n) is 3.68. The van der Waals surface area contributed by atoms with Crippen LogP contribution in [0.4, 0.5) is 5.82 Å². The molecule has 0 saturated heterocycles. The average Bonchev–Trinajstić information content (AvgIpc) is 2.64. The molecule has 0 aromatic carbocycles. The summed E-state index contributed by atoms with van der Waals surface area (Å²) >= 11 is 1.70. The van der Waals surface area contributed by atoms with Crippen molar-refractivity contribution in [2.45, 2.75) is 20.3 Å². The summed E-state index contributed by atoms with van der Waals surface area (Å²) < 4.78 is 0. The van der Waals surface area contributed by atoms with Gasteiger partial charge in [-0.3, -0.25) is 0 Å². The molecule has 2 aromatic rings. The van der Waals surface area contributed by atoms with Gasteiger partial charge >= 0.3 is 0 Å². The summed E-state index contributed by atoms with van der Waals surface area (Å²) in [5.41, 5.74) is 2.21. The molecule has 2 heterocycles. The van der Waals surface area contributed by atoms with Crippen LogP contribution in [0.3, 0.4) is 0 Å². The van der Waals surface area contributed by atoms with Crippen molar-refractivity contribution < 1.29 is 0 Å². The van der Waals surface area contributed by atoms with Crippen LogP contribution < -0.4 is 5.32 Å². The van der Waals surface area contributed by atoms with E-state index in [0.29, 0.717) is 0 Å². The Balaban J connectivity index is 1.84. The topological polar surface area (TPSA) is 50.7 Å². The first kappa shape index (κ1) is 11.0. The lowest BCUT2D eigenvalue weighted by atomic mass is 10.3. The molecule has 5 heteroatoms. The quantitative estimate of drug-likeness (QED) is 0.881. The van der Waals surface area contributed by atoms with E-state index in [9.17, 15) is 0 Å². The Labute approximate surface area is 98.8 Å². The van der Waals surface area contributed by atoms with Crippen molar-refractivity contribution >= 4 is 17.2 Å². The fraction of sp³-hybridized carbons (Fsp3) is 0.364. The van der Waals surface area contributed by atoms with Gasteiger partial charge in [0.15, 0.2) is 0 Å².